The number of hydrogen-bond donors (Lipinski definition) is 1. The summed E-state index contributed by atoms with van der Waals surface area (Å²) in [5.41, 5.74) is 7.43. The molecule has 1 heterocycles. The van der Waals surface area contributed by atoms with E-state index in [1.54, 1.807) is 0 Å². The maximum Gasteiger partial charge on any atom is 0.247 e. The minimum absolute atomic E-state index is 0.267. The minimum Gasteiger partial charge on any atom is -0.419 e. The Hall–Kier alpha value is -1.88. The van der Waals surface area contributed by atoms with Gasteiger partial charge < -0.3 is 15.1 Å². The number of aromatic nitrogens is 2. The first-order valence-corrected chi connectivity index (χ1v) is 5.01. The molecule has 1 aromatic heterocycles. The van der Waals surface area contributed by atoms with Crippen LogP contribution in [0.2, 0.25) is 0 Å². The molecule has 0 aliphatic rings. The molecule has 0 radical (unpaired) electrons. The summed E-state index contributed by atoms with van der Waals surface area (Å²) in [5, 5.41) is 7.74. The van der Waals surface area contributed by atoms with Crippen molar-refractivity contribution in [3.05, 3.63) is 30.2 Å². The van der Waals surface area contributed by atoms with Gasteiger partial charge >= 0.3 is 0 Å². The second-order valence-corrected chi connectivity index (χ2v) is 3.65. The van der Waals surface area contributed by atoms with Crippen LogP contribution in [0, 0.1) is 0 Å². The number of hydrogen-bond acceptors (Lipinski definition) is 5. The predicted molar refractivity (Wildman–Crippen MR) is 62.0 cm³/mol. The quantitative estimate of drug-likeness (QED) is 0.840. The van der Waals surface area contributed by atoms with E-state index in [9.17, 15) is 0 Å². The zero-order chi connectivity index (χ0) is 11.5. The van der Waals surface area contributed by atoms with Gasteiger partial charge in [-0.2, -0.15) is 0 Å². The van der Waals surface area contributed by atoms with Gasteiger partial charge in [-0.3, -0.25) is 0 Å². The standard InChI is InChI=1S/C11H14N4O/c1-15(2)9-5-3-8(4-6-9)11-14-13-10(7-12)16-11/h3-6H,7,12H2,1-2H3. The Balaban J connectivity index is 2.27. The average Bonchev–Trinajstić information content (AvgIpc) is 2.77. The molecule has 84 valence electrons. The van der Waals surface area contributed by atoms with Crippen LogP contribution < -0.4 is 10.6 Å². The molecule has 0 fully saturated rings. The molecule has 0 unspecified atom stereocenters. The van der Waals surface area contributed by atoms with Crippen molar-refractivity contribution in [2.75, 3.05) is 19.0 Å². The molecule has 0 bridgehead atoms. The van der Waals surface area contributed by atoms with Crippen molar-refractivity contribution in [3.63, 3.8) is 0 Å². The summed E-state index contributed by atoms with van der Waals surface area (Å²) in [6.07, 6.45) is 0. The highest BCUT2D eigenvalue weighted by molar-refractivity contribution is 5.58. The highest BCUT2D eigenvalue weighted by Crippen LogP contribution is 2.20. The van der Waals surface area contributed by atoms with Crippen LogP contribution in [0.1, 0.15) is 5.89 Å². The summed E-state index contributed by atoms with van der Waals surface area (Å²) in [6.45, 7) is 0.267. The topological polar surface area (TPSA) is 68.2 Å². The highest BCUT2D eigenvalue weighted by atomic mass is 16.4. The van der Waals surface area contributed by atoms with Crippen LogP contribution in [-0.4, -0.2) is 24.3 Å². The van der Waals surface area contributed by atoms with Gasteiger partial charge in [0.25, 0.3) is 0 Å². The number of rotatable bonds is 3. The van der Waals surface area contributed by atoms with Crippen molar-refractivity contribution >= 4 is 5.69 Å². The minimum atomic E-state index is 0.267. The van der Waals surface area contributed by atoms with Gasteiger partial charge in [0.05, 0.1) is 6.54 Å². The molecule has 0 aliphatic heterocycles. The monoisotopic (exact) mass is 218 g/mol. The smallest absolute Gasteiger partial charge is 0.247 e. The summed E-state index contributed by atoms with van der Waals surface area (Å²) in [6, 6.07) is 7.90. The van der Waals surface area contributed by atoms with Gasteiger partial charge in [0.15, 0.2) is 0 Å². The Bertz CT molecular complexity index is 461. The van der Waals surface area contributed by atoms with Crippen molar-refractivity contribution in [2.24, 2.45) is 5.73 Å². The molecule has 5 nitrogen and oxygen atoms in total. The molecule has 0 spiro atoms. The van der Waals surface area contributed by atoms with E-state index >= 15 is 0 Å². The number of nitrogens with zero attached hydrogens (tertiary/aromatic N) is 3. The summed E-state index contributed by atoms with van der Waals surface area (Å²) >= 11 is 0. The first kappa shape index (κ1) is 10.6. The van der Waals surface area contributed by atoms with E-state index in [1.165, 1.54) is 0 Å². The van der Waals surface area contributed by atoms with Gasteiger partial charge in [0.2, 0.25) is 11.8 Å². The molecule has 1 aromatic carbocycles. The molecule has 0 amide bonds. The van der Waals surface area contributed by atoms with Crippen molar-refractivity contribution in [3.8, 4) is 11.5 Å². The number of benzene rings is 1. The van der Waals surface area contributed by atoms with E-state index in [1.807, 2.05) is 43.3 Å². The Morgan fingerprint density at radius 2 is 1.88 bits per heavy atom. The van der Waals surface area contributed by atoms with Gasteiger partial charge in [-0.15, -0.1) is 10.2 Å². The fourth-order valence-corrected chi connectivity index (χ4v) is 1.35. The van der Waals surface area contributed by atoms with Gasteiger partial charge in [-0.1, -0.05) is 0 Å². The Morgan fingerprint density at radius 3 is 2.38 bits per heavy atom. The number of anilines is 1. The van der Waals surface area contributed by atoms with E-state index in [0.29, 0.717) is 11.8 Å². The average molecular weight is 218 g/mol. The van der Waals surface area contributed by atoms with Crippen molar-refractivity contribution in [1.29, 1.82) is 0 Å². The Morgan fingerprint density at radius 1 is 1.19 bits per heavy atom. The molecule has 2 aromatic rings. The Kier molecular flexibility index (Phi) is 2.87. The Labute approximate surface area is 93.9 Å². The highest BCUT2D eigenvalue weighted by Gasteiger charge is 2.07. The molecule has 5 heteroatoms. The molecule has 2 N–H and O–H groups in total. The fourth-order valence-electron chi connectivity index (χ4n) is 1.35. The van der Waals surface area contributed by atoms with Crippen molar-refractivity contribution in [1.82, 2.24) is 10.2 Å². The molecular weight excluding hydrogens is 204 g/mol. The maximum absolute atomic E-state index is 5.40. The maximum atomic E-state index is 5.40. The fraction of sp³-hybridized carbons (Fsp3) is 0.273. The van der Waals surface area contributed by atoms with Crippen LogP contribution >= 0.6 is 0 Å². The summed E-state index contributed by atoms with van der Waals surface area (Å²) in [4.78, 5) is 2.03. The predicted octanol–water partition coefficient (Wildman–Crippen LogP) is 1.26. The van der Waals surface area contributed by atoms with Crippen LogP contribution in [0.4, 0.5) is 5.69 Å². The van der Waals surface area contributed by atoms with Gasteiger partial charge in [-0.25, -0.2) is 0 Å². The van der Waals surface area contributed by atoms with Crippen LogP contribution in [-0.2, 0) is 6.54 Å². The van der Waals surface area contributed by atoms with Crippen LogP contribution in [0.3, 0.4) is 0 Å². The zero-order valence-electron chi connectivity index (χ0n) is 9.34. The molecular formula is C11H14N4O. The molecule has 0 saturated heterocycles. The van der Waals surface area contributed by atoms with Crippen LogP contribution in [0.5, 0.6) is 0 Å². The zero-order valence-corrected chi connectivity index (χ0v) is 9.34. The molecule has 0 saturated carbocycles. The second-order valence-electron chi connectivity index (χ2n) is 3.65. The summed E-state index contributed by atoms with van der Waals surface area (Å²) < 4.78 is 5.36. The third kappa shape index (κ3) is 2.04. The molecule has 16 heavy (non-hydrogen) atoms. The molecule has 2 rings (SSSR count). The van der Waals surface area contributed by atoms with E-state index in [4.69, 9.17) is 10.2 Å². The lowest BCUT2D eigenvalue weighted by molar-refractivity contribution is 0.508. The third-order valence-corrected chi connectivity index (χ3v) is 2.27. The lowest BCUT2D eigenvalue weighted by Gasteiger charge is -2.11. The van der Waals surface area contributed by atoms with Gasteiger partial charge in [0, 0.05) is 25.3 Å². The lowest BCUT2D eigenvalue weighted by atomic mass is 10.2. The first-order valence-electron chi connectivity index (χ1n) is 5.01. The summed E-state index contributed by atoms with van der Waals surface area (Å²) in [5.74, 6) is 0.956. The van der Waals surface area contributed by atoms with E-state index in [0.717, 1.165) is 11.3 Å². The number of nitrogens with two attached hydrogens (primary N) is 1. The molecule has 0 aliphatic carbocycles. The second kappa shape index (κ2) is 4.32. The van der Waals surface area contributed by atoms with E-state index in [-0.39, 0.29) is 6.54 Å². The largest absolute Gasteiger partial charge is 0.419 e. The van der Waals surface area contributed by atoms with Gasteiger partial charge in [0.1, 0.15) is 0 Å². The summed E-state index contributed by atoms with van der Waals surface area (Å²) in [7, 11) is 3.99. The normalized spacial score (nSPS) is 10.4. The van der Waals surface area contributed by atoms with Crippen molar-refractivity contribution in [2.45, 2.75) is 6.54 Å². The van der Waals surface area contributed by atoms with Crippen LogP contribution in [0.25, 0.3) is 11.5 Å². The third-order valence-electron chi connectivity index (χ3n) is 2.27. The first-order chi connectivity index (χ1) is 7.70. The van der Waals surface area contributed by atoms with Crippen LogP contribution in [0.15, 0.2) is 28.7 Å². The SMILES string of the molecule is CN(C)c1ccc(-c2nnc(CN)o2)cc1. The van der Waals surface area contributed by atoms with Crippen molar-refractivity contribution < 1.29 is 4.42 Å². The van der Waals surface area contributed by atoms with Gasteiger partial charge in [-0.05, 0) is 24.3 Å². The van der Waals surface area contributed by atoms with E-state index in [2.05, 4.69) is 10.2 Å². The lowest BCUT2D eigenvalue weighted by Crippen LogP contribution is -2.07. The molecule has 0 atom stereocenters. The van der Waals surface area contributed by atoms with E-state index < -0.39 is 0 Å².